The Bertz CT molecular complexity index is 362. The highest BCUT2D eigenvalue weighted by molar-refractivity contribution is 5.29. The summed E-state index contributed by atoms with van der Waals surface area (Å²) in [6, 6.07) is 1.87. The number of rotatable bonds is 9. The van der Waals surface area contributed by atoms with E-state index in [4.69, 9.17) is 0 Å². The summed E-state index contributed by atoms with van der Waals surface area (Å²) < 4.78 is 0. The maximum absolute atomic E-state index is 4.33. The number of nitrogens with one attached hydrogen (secondary N) is 1. The summed E-state index contributed by atoms with van der Waals surface area (Å²) in [7, 11) is 0. The maximum Gasteiger partial charge on any atom is 0.225 e. The molecule has 1 aromatic rings. The van der Waals surface area contributed by atoms with Gasteiger partial charge in [-0.15, -0.1) is 0 Å². The average molecular weight is 291 g/mol. The standard InChI is InChI=1S/C16H29N5/c1-2-17-8-5-3-4-6-11-20-12-14-21(15-13-20)16-18-9-7-10-19-16/h7,9-10,17H,2-6,8,11-15H2,1H3. The van der Waals surface area contributed by atoms with E-state index in [1.165, 1.54) is 38.8 Å². The van der Waals surface area contributed by atoms with E-state index >= 15 is 0 Å². The third-order valence-electron chi connectivity index (χ3n) is 4.04. The van der Waals surface area contributed by atoms with Crippen molar-refractivity contribution in [3.05, 3.63) is 18.5 Å². The molecule has 0 aliphatic carbocycles. The molecule has 1 fully saturated rings. The van der Waals surface area contributed by atoms with E-state index in [1.54, 1.807) is 0 Å². The van der Waals surface area contributed by atoms with E-state index < -0.39 is 0 Å². The fourth-order valence-electron chi connectivity index (χ4n) is 2.74. The monoisotopic (exact) mass is 291 g/mol. The molecule has 1 N–H and O–H groups in total. The smallest absolute Gasteiger partial charge is 0.225 e. The van der Waals surface area contributed by atoms with Gasteiger partial charge in [0.25, 0.3) is 0 Å². The third-order valence-corrected chi connectivity index (χ3v) is 4.04. The van der Waals surface area contributed by atoms with Gasteiger partial charge in [-0.1, -0.05) is 19.8 Å². The lowest BCUT2D eigenvalue weighted by atomic mass is 10.2. The van der Waals surface area contributed by atoms with Gasteiger partial charge in [-0.3, -0.25) is 4.90 Å². The molecule has 0 amide bonds. The van der Waals surface area contributed by atoms with Crippen LogP contribution in [0.5, 0.6) is 0 Å². The van der Waals surface area contributed by atoms with Gasteiger partial charge in [0, 0.05) is 38.6 Å². The number of hydrogen-bond acceptors (Lipinski definition) is 5. The molecule has 0 aromatic carbocycles. The molecule has 0 saturated carbocycles. The first kappa shape index (κ1) is 16.2. The van der Waals surface area contributed by atoms with Gasteiger partial charge in [0.05, 0.1) is 0 Å². The van der Waals surface area contributed by atoms with E-state index in [-0.39, 0.29) is 0 Å². The Kier molecular flexibility index (Phi) is 7.46. The molecule has 0 atom stereocenters. The molecule has 118 valence electrons. The van der Waals surface area contributed by atoms with Crippen LogP contribution in [-0.4, -0.2) is 60.7 Å². The van der Waals surface area contributed by atoms with Crippen molar-refractivity contribution in [1.82, 2.24) is 20.2 Å². The van der Waals surface area contributed by atoms with E-state index in [9.17, 15) is 0 Å². The summed E-state index contributed by atoms with van der Waals surface area (Å²) in [5.41, 5.74) is 0. The Morgan fingerprint density at radius 2 is 1.71 bits per heavy atom. The number of nitrogens with zero attached hydrogens (tertiary/aromatic N) is 4. The van der Waals surface area contributed by atoms with Crippen LogP contribution >= 0.6 is 0 Å². The summed E-state index contributed by atoms with van der Waals surface area (Å²) >= 11 is 0. The zero-order chi connectivity index (χ0) is 14.8. The van der Waals surface area contributed by atoms with Crippen LogP contribution in [0.15, 0.2) is 18.5 Å². The van der Waals surface area contributed by atoms with Gasteiger partial charge in [-0.25, -0.2) is 9.97 Å². The third kappa shape index (κ3) is 5.98. The van der Waals surface area contributed by atoms with Crippen LogP contribution in [0.4, 0.5) is 5.95 Å². The fraction of sp³-hybridized carbons (Fsp3) is 0.750. The summed E-state index contributed by atoms with van der Waals surface area (Å²) in [6.07, 6.45) is 8.99. The lowest BCUT2D eigenvalue weighted by Crippen LogP contribution is -2.47. The first-order valence-electron chi connectivity index (χ1n) is 8.35. The molecule has 0 spiro atoms. The Balaban J connectivity index is 1.53. The number of anilines is 1. The minimum Gasteiger partial charge on any atom is -0.338 e. The molecular formula is C16H29N5. The number of aromatic nitrogens is 2. The van der Waals surface area contributed by atoms with Crippen LogP contribution in [0.2, 0.25) is 0 Å². The lowest BCUT2D eigenvalue weighted by Gasteiger charge is -2.34. The van der Waals surface area contributed by atoms with Gasteiger partial charge in [0.2, 0.25) is 5.95 Å². The van der Waals surface area contributed by atoms with Crippen molar-refractivity contribution < 1.29 is 0 Å². The van der Waals surface area contributed by atoms with E-state index in [0.717, 1.165) is 38.7 Å². The highest BCUT2D eigenvalue weighted by atomic mass is 15.3. The fourth-order valence-corrected chi connectivity index (χ4v) is 2.74. The van der Waals surface area contributed by atoms with E-state index in [2.05, 4.69) is 32.0 Å². The summed E-state index contributed by atoms with van der Waals surface area (Å²) in [5, 5.41) is 3.38. The van der Waals surface area contributed by atoms with Crippen LogP contribution in [-0.2, 0) is 0 Å². The Hall–Kier alpha value is -1.20. The molecule has 21 heavy (non-hydrogen) atoms. The Morgan fingerprint density at radius 1 is 1.00 bits per heavy atom. The largest absolute Gasteiger partial charge is 0.338 e. The summed E-state index contributed by atoms with van der Waals surface area (Å²) in [6.45, 7) is 10.0. The molecule has 5 nitrogen and oxygen atoms in total. The molecule has 2 rings (SSSR count). The first-order valence-corrected chi connectivity index (χ1v) is 8.35. The quantitative estimate of drug-likeness (QED) is 0.703. The van der Waals surface area contributed by atoms with Crippen molar-refractivity contribution in [3.8, 4) is 0 Å². The molecule has 1 aromatic heterocycles. The van der Waals surface area contributed by atoms with Gasteiger partial charge in [0.15, 0.2) is 0 Å². The van der Waals surface area contributed by atoms with Crippen LogP contribution in [0.25, 0.3) is 0 Å². The predicted molar refractivity (Wildman–Crippen MR) is 87.7 cm³/mol. The molecular weight excluding hydrogens is 262 g/mol. The second-order valence-corrected chi connectivity index (χ2v) is 5.65. The molecule has 5 heteroatoms. The number of piperazine rings is 1. The maximum atomic E-state index is 4.33. The van der Waals surface area contributed by atoms with Crippen molar-refractivity contribution in [2.75, 3.05) is 50.7 Å². The zero-order valence-electron chi connectivity index (χ0n) is 13.3. The van der Waals surface area contributed by atoms with Crippen molar-refractivity contribution in [1.29, 1.82) is 0 Å². The van der Waals surface area contributed by atoms with Gasteiger partial charge in [-0.2, -0.15) is 0 Å². The molecule has 0 unspecified atom stereocenters. The van der Waals surface area contributed by atoms with Crippen LogP contribution < -0.4 is 10.2 Å². The second kappa shape index (κ2) is 9.68. The van der Waals surface area contributed by atoms with Gasteiger partial charge in [-0.05, 0) is 38.5 Å². The van der Waals surface area contributed by atoms with Gasteiger partial charge < -0.3 is 10.2 Å². The molecule has 0 bridgehead atoms. The topological polar surface area (TPSA) is 44.3 Å². The second-order valence-electron chi connectivity index (χ2n) is 5.65. The normalized spacial score (nSPS) is 16.3. The van der Waals surface area contributed by atoms with Crippen LogP contribution in [0.1, 0.15) is 32.6 Å². The predicted octanol–water partition coefficient (Wildman–Crippen LogP) is 1.77. The summed E-state index contributed by atoms with van der Waals surface area (Å²) in [4.78, 5) is 13.5. The summed E-state index contributed by atoms with van der Waals surface area (Å²) in [5.74, 6) is 0.876. The highest BCUT2D eigenvalue weighted by Crippen LogP contribution is 2.10. The zero-order valence-corrected chi connectivity index (χ0v) is 13.3. The van der Waals surface area contributed by atoms with Gasteiger partial charge >= 0.3 is 0 Å². The Morgan fingerprint density at radius 3 is 2.43 bits per heavy atom. The van der Waals surface area contributed by atoms with Gasteiger partial charge in [0.1, 0.15) is 0 Å². The minimum atomic E-state index is 0.876. The molecule has 1 saturated heterocycles. The highest BCUT2D eigenvalue weighted by Gasteiger charge is 2.17. The average Bonchev–Trinajstić information content (AvgIpc) is 2.55. The minimum absolute atomic E-state index is 0.876. The van der Waals surface area contributed by atoms with E-state index in [1.807, 2.05) is 18.5 Å². The first-order chi connectivity index (χ1) is 10.4. The van der Waals surface area contributed by atoms with Crippen molar-refractivity contribution in [3.63, 3.8) is 0 Å². The van der Waals surface area contributed by atoms with Crippen LogP contribution in [0, 0.1) is 0 Å². The molecule has 0 radical (unpaired) electrons. The SMILES string of the molecule is CCNCCCCCCN1CCN(c2ncccn2)CC1. The van der Waals surface area contributed by atoms with Crippen LogP contribution in [0.3, 0.4) is 0 Å². The van der Waals surface area contributed by atoms with Crippen molar-refractivity contribution in [2.45, 2.75) is 32.6 Å². The molecule has 1 aliphatic rings. The van der Waals surface area contributed by atoms with Crippen molar-refractivity contribution in [2.24, 2.45) is 0 Å². The molecule has 1 aliphatic heterocycles. The molecule has 2 heterocycles. The number of hydrogen-bond donors (Lipinski definition) is 1. The van der Waals surface area contributed by atoms with E-state index in [0.29, 0.717) is 0 Å². The Labute approximate surface area is 128 Å². The van der Waals surface area contributed by atoms with Crippen molar-refractivity contribution >= 4 is 5.95 Å². The number of unbranched alkanes of at least 4 members (excludes halogenated alkanes) is 3. The lowest BCUT2D eigenvalue weighted by molar-refractivity contribution is 0.251.